The van der Waals surface area contributed by atoms with E-state index in [1.165, 1.54) is 24.3 Å². The summed E-state index contributed by atoms with van der Waals surface area (Å²) in [4.78, 5) is 12.3. The molecule has 0 spiro atoms. The molecule has 154 valence electrons. The summed E-state index contributed by atoms with van der Waals surface area (Å²) in [5, 5.41) is 49.0. The number of phenols is 1. The van der Waals surface area contributed by atoms with Crippen LogP contribution in [-0.4, -0.2) is 68.6 Å². The molecule has 0 aliphatic carbocycles. The zero-order chi connectivity index (χ0) is 21.0. The second kappa shape index (κ2) is 9.17. The van der Waals surface area contributed by atoms with Crippen molar-refractivity contribution in [3.63, 3.8) is 0 Å². The smallest absolute Gasteiger partial charge is 0.229 e. The van der Waals surface area contributed by atoms with E-state index in [-0.39, 0.29) is 17.1 Å². The summed E-state index contributed by atoms with van der Waals surface area (Å²) in [6.07, 6.45) is -4.20. The normalized spacial score (nSPS) is 27.1. The monoisotopic (exact) mass is 402 g/mol. The average Bonchev–Trinajstić information content (AvgIpc) is 2.73. The fourth-order valence-electron chi connectivity index (χ4n) is 2.92. The Morgan fingerprint density at radius 3 is 2.41 bits per heavy atom. The molecule has 1 saturated heterocycles. The van der Waals surface area contributed by atoms with Crippen LogP contribution >= 0.6 is 0 Å². The topological polar surface area (TPSA) is 137 Å². The number of ketones is 1. The number of rotatable bonds is 6. The Labute approximate surface area is 166 Å². The molecule has 8 nitrogen and oxygen atoms in total. The summed E-state index contributed by atoms with van der Waals surface area (Å²) in [6, 6.07) is 13.1. The number of hydrogen-bond acceptors (Lipinski definition) is 8. The highest BCUT2D eigenvalue weighted by Gasteiger charge is 2.44. The molecular weight excluding hydrogens is 380 g/mol. The minimum Gasteiger partial charge on any atom is -0.507 e. The van der Waals surface area contributed by atoms with Crippen molar-refractivity contribution in [3.8, 4) is 11.5 Å². The molecule has 0 aromatic heterocycles. The van der Waals surface area contributed by atoms with E-state index in [2.05, 4.69) is 0 Å². The molecule has 3 rings (SSSR count). The molecule has 0 radical (unpaired) electrons. The molecule has 2 aromatic carbocycles. The number of carbonyl (C=O) groups excluding carboxylic acids is 1. The van der Waals surface area contributed by atoms with Crippen molar-refractivity contribution in [3.05, 3.63) is 65.7 Å². The van der Waals surface area contributed by atoms with E-state index in [1.807, 2.05) is 30.3 Å². The van der Waals surface area contributed by atoms with E-state index in [4.69, 9.17) is 9.47 Å². The average molecular weight is 402 g/mol. The van der Waals surface area contributed by atoms with Crippen molar-refractivity contribution in [2.45, 2.75) is 30.7 Å². The first kappa shape index (κ1) is 21.0. The Morgan fingerprint density at radius 1 is 1.03 bits per heavy atom. The zero-order valence-corrected chi connectivity index (χ0v) is 15.3. The van der Waals surface area contributed by atoms with Gasteiger partial charge in [0.05, 0.1) is 12.2 Å². The van der Waals surface area contributed by atoms with Gasteiger partial charge in [0.15, 0.2) is 5.78 Å². The number of allylic oxidation sites excluding steroid dienone is 1. The summed E-state index contributed by atoms with van der Waals surface area (Å²) in [5.41, 5.74) is 0.890. The van der Waals surface area contributed by atoms with Gasteiger partial charge in [0, 0.05) is 6.07 Å². The third-order valence-electron chi connectivity index (χ3n) is 4.56. The van der Waals surface area contributed by atoms with Gasteiger partial charge in [-0.05, 0) is 23.8 Å². The first-order chi connectivity index (χ1) is 13.9. The van der Waals surface area contributed by atoms with E-state index in [1.54, 1.807) is 6.08 Å². The number of benzene rings is 2. The Balaban J connectivity index is 1.71. The molecule has 0 bridgehead atoms. The van der Waals surface area contributed by atoms with Crippen molar-refractivity contribution in [1.29, 1.82) is 0 Å². The van der Waals surface area contributed by atoms with Crippen LogP contribution in [0.2, 0.25) is 0 Å². The maximum Gasteiger partial charge on any atom is 0.229 e. The van der Waals surface area contributed by atoms with Gasteiger partial charge in [-0.1, -0.05) is 36.4 Å². The second-order valence-corrected chi connectivity index (χ2v) is 6.60. The van der Waals surface area contributed by atoms with E-state index < -0.39 is 43.1 Å². The summed E-state index contributed by atoms with van der Waals surface area (Å²) in [5.74, 6) is -0.684. The molecule has 5 atom stereocenters. The molecule has 1 aliphatic heterocycles. The quantitative estimate of drug-likeness (QED) is 0.347. The maximum atomic E-state index is 12.3. The van der Waals surface area contributed by atoms with E-state index in [0.717, 1.165) is 5.56 Å². The van der Waals surface area contributed by atoms with Gasteiger partial charge in [-0.3, -0.25) is 4.79 Å². The predicted octanol–water partition coefficient (Wildman–Crippen LogP) is 0.467. The van der Waals surface area contributed by atoms with E-state index in [9.17, 15) is 30.3 Å². The molecule has 29 heavy (non-hydrogen) atoms. The van der Waals surface area contributed by atoms with Crippen molar-refractivity contribution in [2.75, 3.05) is 6.61 Å². The fraction of sp³-hybridized carbons (Fsp3) is 0.286. The number of hydrogen-bond donors (Lipinski definition) is 5. The Morgan fingerprint density at radius 2 is 1.76 bits per heavy atom. The van der Waals surface area contributed by atoms with Gasteiger partial charge >= 0.3 is 0 Å². The Bertz CT molecular complexity index is 864. The highest BCUT2D eigenvalue weighted by Crippen LogP contribution is 2.28. The third kappa shape index (κ3) is 4.81. The van der Waals surface area contributed by atoms with Crippen molar-refractivity contribution < 1.29 is 39.8 Å². The Kier molecular flexibility index (Phi) is 6.63. The highest BCUT2D eigenvalue weighted by molar-refractivity contribution is 6.08. The van der Waals surface area contributed by atoms with Gasteiger partial charge in [0.1, 0.15) is 35.9 Å². The molecule has 0 amide bonds. The first-order valence-electron chi connectivity index (χ1n) is 8.98. The molecule has 1 heterocycles. The van der Waals surface area contributed by atoms with Crippen LogP contribution < -0.4 is 4.74 Å². The molecule has 0 unspecified atom stereocenters. The summed E-state index contributed by atoms with van der Waals surface area (Å²) in [6.45, 7) is -0.586. The van der Waals surface area contributed by atoms with Crippen LogP contribution in [-0.2, 0) is 4.74 Å². The molecule has 2 aromatic rings. The largest absolute Gasteiger partial charge is 0.507 e. The van der Waals surface area contributed by atoms with Crippen molar-refractivity contribution in [2.24, 2.45) is 0 Å². The van der Waals surface area contributed by atoms with E-state index in [0.29, 0.717) is 0 Å². The number of aliphatic hydroxyl groups is 4. The number of aliphatic hydroxyl groups excluding tert-OH is 4. The standard InChI is InChI=1S/C21H22O8/c22-11-17-18(25)19(26)20(27)21(29-17)28-13-7-8-14(16(24)10-13)15(23)9-6-12-4-2-1-3-5-12/h1-10,17-22,24-27H,11H2/t17-,18+,19+,20-,21+/m1/s1. The van der Waals surface area contributed by atoms with Crippen LogP contribution in [0.4, 0.5) is 0 Å². The van der Waals surface area contributed by atoms with Gasteiger partial charge in [-0.25, -0.2) is 0 Å². The number of aromatic hydroxyl groups is 1. The van der Waals surface area contributed by atoms with Crippen LogP contribution in [0.25, 0.3) is 6.08 Å². The maximum absolute atomic E-state index is 12.3. The van der Waals surface area contributed by atoms with Crippen LogP contribution in [0.5, 0.6) is 11.5 Å². The van der Waals surface area contributed by atoms with Crippen LogP contribution in [0, 0.1) is 0 Å². The molecular formula is C21H22O8. The van der Waals surface area contributed by atoms with Gasteiger partial charge in [-0.15, -0.1) is 0 Å². The van der Waals surface area contributed by atoms with Gasteiger partial charge in [-0.2, -0.15) is 0 Å². The van der Waals surface area contributed by atoms with E-state index >= 15 is 0 Å². The molecule has 1 aliphatic rings. The first-order valence-corrected chi connectivity index (χ1v) is 8.98. The van der Waals surface area contributed by atoms with Crippen molar-refractivity contribution in [1.82, 2.24) is 0 Å². The molecule has 1 fully saturated rings. The van der Waals surface area contributed by atoms with Gasteiger partial charge < -0.3 is 35.0 Å². The van der Waals surface area contributed by atoms with Crippen LogP contribution in [0.3, 0.4) is 0 Å². The lowest BCUT2D eigenvalue weighted by atomic mass is 9.99. The lowest BCUT2D eigenvalue weighted by molar-refractivity contribution is -0.277. The Hall–Kier alpha value is -2.75. The molecule has 8 heteroatoms. The predicted molar refractivity (Wildman–Crippen MR) is 102 cm³/mol. The second-order valence-electron chi connectivity index (χ2n) is 6.60. The summed E-state index contributed by atoms with van der Waals surface area (Å²) in [7, 11) is 0. The lowest BCUT2D eigenvalue weighted by Crippen LogP contribution is -2.60. The van der Waals surface area contributed by atoms with Gasteiger partial charge in [0.25, 0.3) is 0 Å². The van der Waals surface area contributed by atoms with Gasteiger partial charge in [0.2, 0.25) is 6.29 Å². The summed E-state index contributed by atoms with van der Waals surface area (Å²) < 4.78 is 10.7. The minimum absolute atomic E-state index is 0.0540. The number of phenolic OH excluding ortho intramolecular Hbond substituents is 1. The lowest BCUT2D eigenvalue weighted by Gasteiger charge is -2.39. The highest BCUT2D eigenvalue weighted by atomic mass is 16.7. The third-order valence-corrected chi connectivity index (χ3v) is 4.56. The molecule has 5 N–H and O–H groups in total. The van der Waals surface area contributed by atoms with Crippen LogP contribution in [0.15, 0.2) is 54.6 Å². The van der Waals surface area contributed by atoms with Crippen LogP contribution in [0.1, 0.15) is 15.9 Å². The fourth-order valence-corrected chi connectivity index (χ4v) is 2.92. The SMILES string of the molecule is O=C(C=Cc1ccccc1)c1ccc(O[C@H]2O[C@H](CO)[C@H](O)[C@H](O)[C@H]2O)cc1O. The number of carbonyl (C=O) groups is 1. The summed E-state index contributed by atoms with van der Waals surface area (Å²) >= 11 is 0. The van der Waals surface area contributed by atoms with Crippen molar-refractivity contribution >= 4 is 11.9 Å². The minimum atomic E-state index is -1.58. The molecule has 0 saturated carbocycles. The number of ether oxygens (including phenoxy) is 2. The zero-order valence-electron chi connectivity index (χ0n) is 15.3.